The summed E-state index contributed by atoms with van der Waals surface area (Å²) in [6.45, 7) is 13.4. The molecule has 0 fully saturated rings. The first-order valence-electron chi connectivity index (χ1n) is 11.7. The first-order chi connectivity index (χ1) is 15.6. The van der Waals surface area contributed by atoms with E-state index in [9.17, 15) is 4.79 Å². The Hall–Kier alpha value is -3.27. The zero-order valence-electron chi connectivity index (χ0n) is 20.7. The predicted octanol–water partition coefficient (Wildman–Crippen LogP) is 7.69. The minimum Gasteiger partial charge on any atom is -0.456 e. The van der Waals surface area contributed by atoms with E-state index >= 15 is 0 Å². The lowest BCUT2D eigenvalue weighted by Crippen LogP contribution is -2.21. The molecule has 0 aromatic heterocycles. The first kappa shape index (κ1) is 24.4. The Bertz CT molecular complexity index is 1120. The molecular weight excluding hydrogens is 408 g/mol. The van der Waals surface area contributed by atoms with Crippen LogP contribution in [0.15, 0.2) is 66.7 Å². The van der Waals surface area contributed by atoms with Gasteiger partial charge in [-0.25, -0.2) is 0 Å². The monoisotopic (exact) mass is 444 g/mol. The van der Waals surface area contributed by atoms with Crippen molar-refractivity contribution in [2.45, 2.75) is 65.2 Å². The van der Waals surface area contributed by atoms with Crippen LogP contribution in [0.1, 0.15) is 75.9 Å². The number of carbonyl (C=O) groups is 1. The van der Waals surface area contributed by atoms with Crippen LogP contribution >= 0.6 is 0 Å². The van der Waals surface area contributed by atoms with Crippen molar-refractivity contribution >= 4 is 17.3 Å². The predicted molar refractivity (Wildman–Crippen MR) is 138 cm³/mol. The van der Waals surface area contributed by atoms with Gasteiger partial charge in [0.2, 0.25) is 0 Å². The van der Waals surface area contributed by atoms with E-state index in [4.69, 9.17) is 10.5 Å². The van der Waals surface area contributed by atoms with Gasteiger partial charge < -0.3 is 15.8 Å². The number of nitrogen functional groups attached to an aromatic ring is 1. The number of nitrogens with one attached hydrogen (secondary N) is 1. The fourth-order valence-electron chi connectivity index (χ4n) is 3.62. The molecule has 3 N–H and O–H groups in total. The quantitative estimate of drug-likeness (QED) is 0.350. The molecule has 0 spiro atoms. The molecule has 0 saturated heterocycles. The maximum Gasteiger partial charge on any atom is 0.259 e. The van der Waals surface area contributed by atoms with Gasteiger partial charge in [0.1, 0.15) is 11.5 Å². The Morgan fingerprint density at radius 2 is 1.48 bits per heavy atom. The van der Waals surface area contributed by atoms with Crippen molar-refractivity contribution in [3.8, 4) is 11.5 Å². The van der Waals surface area contributed by atoms with Gasteiger partial charge in [0, 0.05) is 16.9 Å². The fourth-order valence-corrected chi connectivity index (χ4v) is 3.62. The van der Waals surface area contributed by atoms with E-state index in [1.165, 1.54) is 5.56 Å². The van der Waals surface area contributed by atoms with Crippen LogP contribution in [0.5, 0.6) is 11.5 Å². The zero-order valence-corrected chi connectivity index (χ0v) is 20.7. The number of anilines is 2. The Balaban J connectivity index is 2.03. The lowest BCUT2D eigenvalue weighted by atomic mass is 9.76. The van der Waals surface area contributed by atoms with Gasteiger partial charge in [0.25, 0.3) is 5.91 Å². The molecule has 0 saturated carbocycles. The summed E-state index contributed by atoms with van der Waals surface area (Å²) in [4.78, 5) is 13.1. The molecule has 3 aromatic carbocycles. The lowest BCUT2D eigenvalue weighted by Gasteiger charge is -2.30. The highest BCUT2D eigenvalue weighted by atomic mass is 16.5. The van der Waals surface area contributed by atoms with Crippen molar-refractivity contribution in [3.63, 3.8) is 0 Å². The third-order valence-electron chi connectivity index (χ3n) is 6.76. The smallest absolute Gasteiger partial charge is 0.259 e. The minimum atomic E-state index is -0.261. The van der Waals surface area contributed by atoms with E-state index in [1.807, 2.05) is 36.4 Å². The van der Waals surface area contributed by atoms with E-state index in [0.717, 1.165) is 29.8 Å². The molecule has 1 amide bonds. The molecule has 3 aromatic rings. The molecule has 0 bridgehead atoms. The summed E-state index contributed by atoms with van der Waals surface area (Å²) in [5.74, 6) is 0.979. The van der Waals surface area contributed by atoms with Gasteiger partial charge in [-0.2, -0.15) is 0 Å². The number of carbonyl (C=O) groups excluding carboxylic acids is 1. The second-order valence-corrected chi connectivity index (χ2v) is 9.86. The van der Waals surface area contributed by atoms with Crippen molar-refractivity contribution in [2.24, 2.45) is 0 Å². The van der Waals surface area contributed by atoms with Crippen molar-refractivity contribution in [3.05, 3.63) is 83.4 Å². The number of hydrogen-bond donors (Lipinski definition) is 2. The second-order valence-electron chi connectivity index (χ2n) is 9.86. The number of hydrogen-bond acceptors (Lipinski definition) is 3. The van der Waals surface area contributed by atoms with Crippen molar-refractivity contribution in [1.82, 2.24) is 0 Å². The van der Waals surface area contributed by atoms with Crippen LogP contribution < -0.4 is 15.8 Å². The Morgan fingerprint density at radius 1 is 0.848 bits per heavy atom. The molecular formula is C29H36N2O2. The Kier molecular flexibility index (Phi) is 7.16. The number of amides is 1. The molecule has 0 heterocycles. The van der Waals surface area contributed by atoms with Gasteiger partial charge >= 0.3 is 0 Å². The third kappa shape index (κ3) is 5.57. The van der Waals surface area contributed by atoms with Gasteiger partial charge in [-0.3, -0.25) is 4.79 Å². The molecule has 33 heavy (non-hydrogen) atoms. The number of benzene rings is 3. The van der Waals surface area contributed by atoms with Gasteiger partial charge in [0.15, 0.2) is 0 Å². The fraction of sp³-hybridized carbons (Fsp3) is 0.345. The average Bonchev–Trinajstić information content (AvgIpc) is 2.80. The first-order valence-corrected chi connectivity index (χ1v) is 11.7. The minimum absolute atomic E-state index is 0.0685. The van der Waals surface area contributed by atoms with E-state index in [-0.39, 0.29) is 16.7 Å². The van der Waals surface area contributed by atoms with E-state index < -0.39 is 0 Å². The van der Waals surface area contributed by atoms with Gasteiger partial charge in [-0.15, -0.1) is 0 Å². The van der Waals surface area contributed by atoms with Gasteiger partial charge in [-0.1, -0.05) is 71.9 Å². The summed E-state index contributed by atoms with van der Waals surface area (Å²) < 4.78 is 6.43. The summed E-state index contributed by atoms with van der Waals surface area (Å²) in [5.41, 5.74) is 10.0. The molecule has 0 aliphatic carbocycles. The highest BCUT2D eigenvalue weighted by Gasteiger charge is 2.27. The number of ether oxygens (including phenoxy) is 1. The summed E-state index contributed by atoms with van der Waals surface area (Å²) in [6, 6.07) is 21.0. The topological polar surface area (TPSA) is 64.3 Å². The Labute approximate surface area is 198 Å². The second kappa shape index (κ2) is 9.70. The van der Waals surface area contributed by atoms with Gasteiger partial charge in [-0.05, 0) is 65.6 Å². The average molecular weight is 445 g/mol. The Morgan fingerprint density at radius 3 is 2.12 bits per heavy atom. The third-order valence-corrected chi connectivity index (χ3v) is 6.76. The summed E-state index contributed by atoms with van der Waals surface area (Å²) >= 11 is 0. The summed E-state index contributed by atoms with van der Waals surface area (Å²) in [5, 5.41) is 2.93. The highest BCUT2D eigenvalue weighted by Crippen LogP contribution is 2.40. The SMILES string of the molecule is CCC(C)(C)c1ccc(Oc2ccc(N)cc2C(=O)Nc2ccccc2)c(C(C)(C)CC)c1. The van der Waals surface area contributed by atoms with Crippen LogP contribution in [0.3, 0.4) is 0 Å². The standard InChI is InChI=1S/C29H36N2O2/c1-7-28(3,4)20-14-16-26(24(18-20)29(5,6)8-2)33-25-17-15-21(30)19-23(25)27(32)31-22-12-10-9-11-13-22/h9-19H,7-8,30H2,1-6H3,(H,31,32). The maximum atomic E-state index is 13.1. The largest absolute Gasteiger partial charge is 0.456 e. The van der Waals surface area contributed by atoms with Crippen LogP contribution in [-0.4, -0.2) is 5.91 Å². The number of nitrogens with two attached hydrogens (primary N) is 1. The van der Waals surface area contributed by atoms with Crippen LogP contribution in [0.4, 0.5) is 11.4 Å². The lowest BCUT2D eigenvalue weighted by molar-refractivity contribution is 0.102. The maximum absolute atomic E-state index is 13.1. The van der Waals surface area contributed by atoms with Crippen molar-refractivity contribution < 1.29 is 9.53 Å². The van der Waals surface area contributed by atoms with Crippen LogP contribution in [-0.2, 0) is 10.8 Å². The van der Waals surface area contributed by atoms with Crippen LogP contribution in [0, 0.1) is 0 Å². The van der Waals surface area contributed by atoms with Crippen LogP contribution in [0.25, 0.3) is 0 Å². The molecule has 0 unspecified atom stereocenters. The molecule has 0 aliphatic heterocycles. The van der Waals surface area contributed by atoms with E-state index in [2.05, 4.69) is 59.0 Å². The molecule has 0 atom stereocenters. The van der Waals surface area contributed by atoms with E-state index in [0.29, 0.717) is 17.0 Å². The molecule has 0 radical (unpaired) electrons. The summed E-state index contributed by atoms with van der Waals surface area (Å²) in [7, 11) is 0. The van der Waals surface area contributed by atoms with E-state index in [1.54, 1.807) is 18.2 Å². The normalized spacial score (nSPS) is 11.8. The highest BCUT2D eigenvalue weighted by molar-refractivity contribution is 6.06. The summed E-state index contributed by atoms with van der Waals surface area (Å²) in [6.07, 6.45) is 2.00. The van der Waals surface area contributed by atoms with Gasteiger partial charge in [0.05, 0.1) is 5.56 Å². The molecule has 4 heteroatoms. The van der Waals surface area contributed by atoms with Crippen LogP contribution in [0.2, 0.25) is 0 Å². The van der Waals surface area contributed by atoms with Crippen molar-refractivity contribution in [2.75, 3.05) is 11.1 Å². The number of rotatable bonds is 8. The number of para-hydroxylation sites is 1. The molecule has 174 valence electrons. The molecule has 4 nitrogen and oxygen atoms in total. The molecule has 0 aliphatic rings. The van der Waals surface area contributed by atoms with Crippen molar-refractivity contribution in [1.29, 1.82) is 0 Å². The molecule has 3 rings (SSSR count). The zero-order chi connectivity index (χ0) is 24.2.